The number of hydrogen-bond donors (Lipinski definition) is 15. The van der Waals surface area contributed by atoms with E-state index in [4.69, 9.17) is 22.9 Å². The van der Waals surface area contributed by atoms with Crippen molar-refractivity contribution in [2.45, 2.75) is 159 Å². The molecule has 0 bridgehead atoms. The molecule has 0 saturated heterocycles. The Morgan fingerprint density at radius 2 is 0.890 bits per heavy atom. The van der Waals surface area contributed by atoms with Crippen molar-refractivity contribution >= 4 is 88.6 Å². The molecule has 9 atom stereocenters. The Morgan fingerprint density at radius 3 is 1.32 bits per heavy atom. The average Bonchev–Trinajstić information content (AvgIpc) is 3.31. The van der Waals surface area contributed by atoms with Crippen molar-refractivity contribution < 1.29 is 68.1 Å². The number of aliphatic hydroxyl groups excluding tert-OH is 1. The lowest BCUT2D eigenvalue weighted by Gasteiger charge is -2.29. The summed E-state index contributed by atoms with van der Waals surface area (Å²) in [6.07, 6.45) is 4.19. The van der Waals surface area contributed by atoms with Gasteiger partial charge in [0.25, 0.3) is 0 Å². The molecule has 19 N–H and O–H groups in total. The van der Waals surface area contributed by atoms with Crippen LogP contribution in [-0.2, 0) is 52.7 Å². The number of carbonyl (C=O) groups is 11. The van der Waals surface area contributed by atoms with E-state index < -0.39 is 138 Å². The molecule has 28 heteroatoms. The van der Waals surface area contributed by atoms with E-state index >= 15 is 0 Å². The lowest BCUT2D eigenvalue weighted by Crippen LogP contribution is -2.61. The minimum Gasteiger partial charge on any atom is -0.481 e. The minimum atomic E-state index is -1.82. The third-order valence-corrected chi connectivity index (χ3v) is 12.4. The number of aliphatic hydroxyl groups is 1. The number of carboxylic acids is 2. The zero-order valence-electron chi connectivity index (χ0n) is 42.8. The highest BCUT2D eigenvalue weighted by Crippen LogP contribution is 2.13. The van der Waals surface area contributed by atoms with Gasteiger partial charge < -0.3 is 80.8 Å². The molecule has 0 saturated carbocycles. The van der Waals surface area contributed by atoms with E-state index in [9.17, 15) is 68.1 Å². The third-order valence-electron chi connectivity index (χ3n) is 11.1. The second-order valence-electron chi connectivity index (χ2n) is 18.2. The largest absolute Gasteiger partial charge is 0.481 e. The van der Waals surface area contributed by atoms with E-state index in [0.29, 0.717) is 43.6 Å². The molecule has 0 aromatic rings. The first kappa shape index (κ1) is 67.7. The Kier molecular flexibility index (Phi) is 34.7. The fourth-order valence-corrected chi connectivity index (χ4v) is 7.88. The van der Waals surface area contributed by atoms with Gasteiger partial charge in [-0.25, -0.2) is 4.79 Å². The van der Waals surface area contributed by atoms with Gasteiger partial charge in [-0.2, -0.15) is 23.5 Å². The molecular weight excluding hydrogens is 997 g/mol. The van der Waals surface area contributed by atoms with Crippen LogP contribution in [0.15, 0.2) is 0 Å². The van der Waals surface area contributed by atoms with Crippen LogP contribution < -0.4 is 65.5 Å². The molecule has 0 aliphatic rings. The molecule has 0 rings (SSSR count). The molecular formula is C45H82N12O14S2. The number of hydrogen-bond acceptors (Lipinski definition) is 17. The molecule has 0 radical (unpaired) electrons. The van der Waals surface area contributed by atoms with Crippen LogP contribution in [0.4, 0.5) is 0 Å². The van der Waals surface area contributed by atoms with Crippen molar-refractivity contribution in [3.63, 3.8) is 0 Å². The van der Waals surface area contributed by atoms with E-state index in [1.54, 1.807) is 34.0 Å². The van der Waals surface area contributed by atoms with Gasteiger partial charge in [-0.1, -0.05) is 27.7 Å². The number of nitrogens with one attached hydrogen (secondary N) is 8. The standard InChI is InChI=1S/C45H82N12O14S2/c1-24(2)21-31(42(67)54-32(22-35(60)61)43(68)56-33(23-58)45(70)71)55-44(69)36(25(3)4)57-41(66)28(12-8-10-18-47)52-38(63)27(11-7-9-17-46)51-40(65)30(16-20-73-6)53-39(64)29(13-14-34(49)59)50-37(62)26(48)15-19-72-5/h24-33,36,58H,7-23,46-48H2,1-6H3,(H2,49,59)(H,50,62)(H,51,65)(H,52,63)(H,53,64)(H,54,67)(H,55,69)(H,56,68)(H,57,66)(H,60,61)(H,70,71). The quantitative estimate of drug-likeness (QED) is 0.0265. The molecule has 9 amide bonds. The van der Waals surface area contributed by atoms with E-state index in [1.807, 2.05) is 11.6 Å². The SMILES string of the molecule is CSCCC(N)C(=O)NC(CCC(N)=O)C(=O)NC(CCSC)C(=O)NC(CCCCN)C(=O)NC(CCCCN)C(=O)NC(C(=O)NC(CC(C)C)C(=O)NC(CC(=O)O)C(=O)NC(CO)C(=O)O)C(C)C. The van der Waals surface area contributed by atoms with Crippen molar-refractivity contribution in [2.24, 2.45) is 34.8 Å². The van der Waals surface area contributed by atoms with E-state index in [2.05, 4.69) is 37.2 Å². The summed E-state index contributed by atoms with van der Waals surface area (Å²) in [7, 11) is 0. The number of aliphatic carboxylic acids is 2. The number of carboxylic acid groups (broad SMARTS) is 2. The van der Waals surface area contributed by atoms with Gasteiger partial charge >= 0.3 is 11.9 Å². The molecule has 73 heavy (non-hydrogen) atoms. The Morgan fingerprint density at radius 1 is 0.493 bits per heavy atom. The summed E-state index contributed by atoms with van der Waals surface area (Å²) in [5.41, 5.74) is 22.9. The van der Waals surface area contributed by atoms with Crippen LogP contribution in [0.3, 0.4) is 0 Å². The predicted molar refractivity (Wildman–Crippen MR) is 275 cm³/mol. The van der Waals surface area contributed by atoms with Crippen LogP contribution in [0.1, 0.15) is 105 Å². The molecule has 0 aliphatic carbocycles. The summed E-state index contributed by atoms with van der Waals surface area (Å²) in [5.74, 6) is -10.7. The van der Waals surface area contributed by atoms with Crippen LogP contribution in [0.2, 0.25) is 0 Å². The summed E-state index contributed by atoms with van der Waals surface area (Å²) in [6.45, 7) is 6.10. The lowest BCUT2D eigenvalue weighted by atomic mass is 9.98. The predicted octanol–water partition coefficient (Wildman–Crippen LogP) is -3.52. The Balaban J connectivity index is 6.70. The fraction of sp³-hybridized carbons (Fsp3) is 0.756. The van der Waals surface area contributed by atoms with Gasteiger partial charge in [-0.15, -0.1) is 0 Å². The molecule has 26 nitrogen and oxygen atoms in total. The number of thioether (sulfide) groups is 2. The monoisotopic (exact) mass is 1080 g/mol. The number of nitrogens with two attached hydrogens (primary N) is 4. The second-order valence-corrected chi connectivity index (χ2v) is 20.1. The third kappa shape index (κ3) is 28.1. The van der Waals surface area contributed by atoms with Crippen molar-refractivity contribution in [3.8, 4) is 0 Å². The smallest absolute Gasteiger partial charge is 0.328 e. The van der Waals surface area contributed by atoms with Gasteiger partial charge in [-0.3, -0.25) is 47.9 Å². The lowest BCUT2D eigenvalue weighted by molar-refractivity contribution is -0.144. The zero-order chi connectivity index (χ0) is 55.8. The normalized spacial score (nSPS) is 14.9. The highest BCUT2D eigenvalue weighted by Gasteiger charge is 2.36. The highest BCUT2D eigenvalue weighted by molar-refractivity contribution is 7.98. The average molecular weight is 1080 g/mol. The maximum Gasteiger partial charge on any atom is 0.328 e. The zero-order valence-corrected chi connectivity index (χ0v) is 44.5. The summed E-state index contributed by atoms with van der Waals surface area (Å²) in [5, 5.41) is 48.1. The molecule has 418 valence electrons. The van der Waals surface area contributed by atoms with Crippen LogP contribution in [-0.4, -0.2) is 179 Å². The van der Waals surface area contributed by atoms with E-state index in [1.165, 1.54) is 23.5 Å². The maximum absolute atomic E-state index is 14.2. The Labute approximate surface area is 435 Å². The number of rotatable bonds is 40. The molecule has 9 unspecified atom stereocenters. The van der Waals surface area contributed by atoms with E-state index in [-0.39, 0.29) is 57.5 Å². The molecule has 0 fully saturated rings. The van der Waals surface area contributed by atoms with Crippen molar-refractivity contribution in [3.05, 3.63) is 0 Å². The maximum atomic E-state index is 14.2. The first-order valence-corrected chi connectivity index (χ1v) is 27.1. The molecule has 0 aromatic heterocycles. The molecule has 0 spiro atoms. The van der Waals surface area contributed by atoms with Crippen LogP contribution in [0.25, 0.3) is 0 Å². The summed E-state index contributed by atoms with van der Waals surface area (Å²) in [4.78, 5) is 144. The molecule has 0 aliphatic heterocycles. The van der Waals surface area contributed by atoms with Gasteiger partial charge in [-0.05, 0) is 113 Å². The van der Waals surface area contributed by atoms with Crippen LogP contribution >= 0.6 is 23.5 Å². The van der Waals surface area contributed by atoms with Gasteiger partial charge in [0.05, 0.1) is 19.1 Å². The number of unbranched alkanes of at least 4 members (excludes halogenated alkanes) is 2. The van der Waals surface area contributed by atoms with Crippen molar-refractivity contribution in [1.29, 1.82) is 0 Å². The fourth-order valence-electron chi connectivity index (χ4n) is 6.92. The summed E-state index contributed by atoms with van der Waals surface area (Å²) in [6, 6.07) is -12.4. The van der Waals surface area contributed by atoms with Crippen molar-refractivity contribution in [1.82, 2.24) is 42.5 Å². The molecule has 0 heterocycles. The van der Waals surface area contributed by atoms with Crippen molar-refractivity contribution in [2.75, 3.05) is 43.7 Å². The number of primary amides is 1. The van der Waals surface area contributed by atoms with Crippen LogP contribution in [0.5, 0.6) is 0 Å². The topological polar surface area (TPSA) is 449 Å². The Hall–Kier alpha value is -5.29. The summed E-state index contributed by atoms with van der Waals surface area (Å²) >= 11 is 2.84. The van der Waals surface area contributed by atoms with Gasteiger partial charge in [0.15, 0.2) is 0 Å². The first-order chi connectivity index (χ1) is 34.4. The second kappa shape index (κ2) is 37.4. The number of amides is 9. The summed E-state index contributed by atoms with van der Waals surface area (Å²) < 4.78 is 0. The first-order valence-electron chi connectivity index (χ1n) is 24.3. The van der Waals surface area contributed by atoms with Gasteiger partial charge in [0.1, 0.15) is 48.3 Å². The van der Waals surface area contributed by atoms with E-state index in [0.717, 1.165) is 0 Å². The Bertz CT molecular complexity index is 1820. The highest BCUT2D eigenvalue weighted by atomic mass is 32.2. The minimum absolute atomic E-state index is 0.0286. The van der Waals surface area contributed by atoms with Gasteiger partial charge in [0.2, 0.25) is 53.2 Å². The van der Waals surface area contributed by atoms with Gasteiger partial charge in [0, 0.05) is 6.42 Å². The van der Waals surface area contributed by atoms with Crippen LogP contribution in [0, 0.1) is 11.8 Å². The number of carbonyl (C=O) groups excluding carboxylic acids is 9. The molecule has 0 aromatic carbocycles.